The summed E-state index contributed by atoms with van der Waals surface area (Å²) in [6.07, 6.45) is 3.09. The molecule has 1 aromatic carbocycles. The molecule has 1 atom stereocenters. The monoisotopic (exact) mass is 349 g/mol. The summed E-state index contributed by atoms with van der Waals surface area (Å²) >= 11 is 0. The maximum absolute atomic E-state index is 5.80. The molecule has 0 aromatic heterocycles. The molecule has 2 N–H and O–H groups in total. The van der Waals surface area contributed by atoms with Gasteiger partial charge in [0, 0.05) is 46.9 Å². The molecule has 1 aliphatic rings. The second-order valence-corrected chi connectivity index (χ2v) is 6.52. The molecule has 1 heterocycles. The SMILES string of the molecule is CN=C(NCc1cccc(OCCCOC)c1)NCC1(C)CCCO1. The molecule has 1 saturated heterocycles. The predicted molar refractivity (Wildman–Crippen MR) is 100 cm³/mol. The van der Waals surface area contributed by atoms with Gasteiger partial charge in [-0.2, -0.15) is 0 Å². The fourth-order valence-corrected chi connectivity index (χ4v) is 2.79. The molecule has 1 fully saturated rings. The fourth-order valence-electron chi connectivity index (χ4n) is 2.79. The van der Waals surface area contributed by atoms with Gasteiger partial charge in [-0.05, 0) is 37.5 Å². The molecule has 6 nitrogen and oxygen atoms in total. The van der Waals surface area contributed by atoms with Gasteiger partial charge >= 0.3 is 0 Å². The summed E-state index contributed by atoms with van der Waals surface area (Å²) in [5, 5.41) is 6.69. The number of aliphatic imine (C=N–C) groups is 1. The van der Waals surface area contributed by atoms with Gasteiger partial charge in [-0.1, -0.05) is 12.1 Å². The average Bonchev–Trinajstić information content (AvgIpc) is 3.06. The van der Waals surface area contributed by atoms with Crippen molar-refractivity contribution in [2.24, 2.45) is 4.99 Å². The number of hydrogen-bond acceptors (Lipinski definition) is 4. The smallest absolute Gasteiger partial charge is 0.191 e. The quantitative estimate of drug-likeness (QED) is 0.407. The molecule has 140 valence electrons. The van der Waals surface area contributed by atoms with Crippen LogP contribution in [-0.4, -0.2) is 52.1 Å². The first-order valence-electron chi connectivity index (χ1n) is 8.94. The normalized spacial score (nSPS) is 20.5. The number of nitrogens with zero attached hydrogens (tertiary/aromatic N) is 1. The highest BCUT2D eigenvalue weighted by molar-refractivity contribution is 5.79. The van der Waals surface area contributed by atoms with Gasteiger partial charge in [-0.25, -0.2) is 0 Å². The number of nitrogens with one attached hydrogen (secondary N) is 2. The second kappa shape index (κ2) is 10.3. The molecule has 0 radical (unpaired) electrons. The zero-order valence-corrected chi connectivity index (χ0v) is 15.6. The van der Waals surface area contributed by atoms with Crippen molar-refractivity contribution in [3.63, 3.8) is 0 Å². The van der Waals surface area contributed by atoms with Crippen molar-refractivity contribution >= 4 is 5.96 Å². The minimum Gasteiger partial charge on any atom is -0.493 e. The van der Waals surface area contributed by atoms with Gasteiger partial charge in [0.2, 0.25) is 0 Å². The summed E-state index contributed by atoms with van der Waals surface area (Å²) < 4.78 is 16.6. The lowest BCUT2D eigenvalue weighted by Gasteiger charge is -2.24. The third-order valence-corrected chi connectivity index (χ3v) is 4.27. The minimum absolute atomic E-state index is 0.0897. The molecule has 1 aliphatic heterocycles. The lowest BCUT2D eigenvalue weighted by molar-refractivity contribution is 0.0243. The third-order valence-electron chi connectivity index (χ3n) is 4.27. The lowest BCUT2D eigenvalue weighted by Crippen LogP contribution is -2.45. The van der Waals surface area contributed by atoms with Gasteiger partial charge < -0.3 is 24.8 Å². The molecule has 2 rings (SSSR count). The van der Waals surface area contributed by atoms with E-state index in [4.69, 9.17) is 14.2 Å². The Balaban J connectivity index is 1.76. The Morgan fingerprint density at radius 1 is 1.32 bits per heavy atom. The number of guanidine groups is 1. The molecule has 6 heteroatoms. The Morgan fingerprint density at radius 3 is 2.92 bits per heavy atom. The van der Waals surface area contributed by atoms with E-state index in [-0.39, 0.29) is 5.60 Å². The van der Waals surface area contributed by atoms with Crippen LogP contribution in [0.2, 0.25) is 0 Å². The van der Waals surface area contributed by atoms with Gasteiger partial charge in [0.05, 0.1) is 12.2 Å². The van der Waals surface area contributed by atoms with Crippen molar-refractivity contribution in [1.82, 2.24) is 10.6 Å². The summed E-state index contributed by atoms with van der Waals surface area (Å²) in [5.74, 6) is 1.66. The van der Waals surface area contributed by atoms with Gasteiger partial charge in [0.1, 0.15) is 5.75 Å². The number of rotatable bonds is 9. The first-order chi connectivity index (χ1) is 12.1. The molecule has 1 unspecified atom stereocenters. The summed E-state index contributed by atoms with van der Waals surface area (Å²) in [4.78, 5) is 4.28. The van der Waals surface area contributed by atoms with Gasteiger partial charge in [0.25, 0.3) is 0 Å². The fraction of sp³-hybridized carbons (Fsp3) is 0.632. The summed E-state index contributed by atoms with van der Waals surface area (Å²) in [6.45, 7) is 5.81. The number of hydrogen-bond donors (Lipinski definition) is 2. The molecule has 25 heavy (non-hydrogen) atoms. The van der Waals surface area contributed by atoms with Crippen LogP contribution >= 0.6 is 0 Å². The van der Waals surface area contributed by atoms with E-state index in [0.717, 1.165) is 49.7 Å². The predicted octanol–water partition coefficient (Wildman–Crippen LogP) is 2.34. The Kier molecular flexibility index (Phi) is 8.01. The highest BCUT2D eigenvalue weighted by Gasteiger charge is 2.29. The lowest BCUT2D eigenvalue weighted by atomic mass is 10.0. The van der Waals surface area contributed by atoms with E-state index in [1.165, 1.54) is 0 Å². The van der Waals surface area contributed by atoms with E-state index < -0.39 is 0 Å². The van der Waals surface area contributed by atoms with Crippen LogP contribution in [-0.2, 0) is 16.0 Å². The molecule has 0 aliphatic carbocycles. The molecule has 0 bridgehead atoms. The van der Waals surface area contributed by atoms with Crippen molar-refractivity contribution in [1.29, 1.82) is 0 Å². The van der Waals surface area contributed by atoms with Crippen LogP contribution < -0.4 is 15.4 Å². The number of ether oxygens (including phenoxy) is 3. The Hall–Kier alpha value is -1.79. The molecular formula is C19H31N3O3. The third kappa shape index (κ3) is 6.92. The van der Waals surface area contributed by atoms with Crippen molar-refractivity contribution in [3.8, 4) is 5.75 Å². The van der Waals surface area contributed by atoms with E-state index >= 15 is 0 Å². The number of benzene rings is 1. The van der Waals surface area contributed by atoms with Crippen LogP contribution in [0.25, 0.3) is 0 Å². The maximum Gasteiger partial charge on any atom is 0.191 e. The van der Waals surface area contributed by atoms with E-state index in [1.807, 2.05) is 12.1 Å². The molecule has 0 saturated carbocycles. The van der Waals surface area contributed by atoms with Crippen molar-refractivity contribution in [2.45, 2.75) is 38.3 Å². The van der Waals surface area contributed by atoms with E-state index in [9.17, 15) is 0 Å². The van der Waals surface area contributed by atoms with Crippen molar-refractivity contribution < 1.29 is 14.2 Å². The summed E-state index contributed by atoms with van der Waals surface area (Å²) in [7, 11) is 3.48. The van der Waals surface area contributed by atoms with Crippen LogP contribution in [0.5, 0.6) is 5.75 Å². The maximum atomic E-state index is 5.80. The van der Waals surface area contributed by atoms with Crippen LogP contribution in [0.1, 0.15) is 31.7 Å². The van der Waals surface area contributed by atoms with E-state index in [2.05, 4.69) is 34.7 Å². The van der Waals surface area contributed by atoms with Crippen LogP contribution in [0, 0.1) is 0 Å². The summed E-state index contributed by atoms with van der Waals surface area (Å²) in [6, 6.07) is 8.10. The van der Waals surface area contributed by atoms with E-state index in [0.29, 0.717) is 19.8 Å². The van der Waals surface area contributed by atoms with Crippen LogP contribution in [0.4, 0.5) is 0 Å². The minimum atomic E-state index is -0.0897. The molecule has 0 spiro atoms. The van der Waals surface area contributed by atoms with Crippen LogP contribution in [0.3, 0.4) is 0 Å². The highest BCUT2D eigenvalue weighted by Crippen LogP contribution is 2.23. The molecule has 1 aromatic rings. The first-order valence-corrected chi connectivity index (χ1v) is 8.94. The Labute approximate surface area is 151 Å². The topological polar surface area (TPSA) is 64.1 Å². The largest absolute Gasteiger partial charge is 0.493 e. The Morgan fingerprint density at radius 2 is 2.20 bits per heavy atom. The zero-order chi connectivity index (χ0) is 18.0. The Bertz CT molecular complexity index is 542. The van der Waals surface area contributed by atoms with Crippen molar-refractivity contribution in [2.75, 3.05) is 40.5 Å². The average molecular weight is 349 g/mol. The van der Waals surface area contributed by atoms with Gasteiger partial charge in [0.15, 0.2) is 5.96 Å². The second-order valence-electron chi connectivity index (χ2n) is 6.52. The van der Waals surface area contributed by atoms with Crippen molar-refractivity contribution in [3.05, 3.63) is 29.8 Å². The standard InChI is InChI=1S/C19H31N3O3/c1-19(9-5-12-25-19)15-22-18(20-2)21-14-16-7-4-8-17(13-16)24-11-6-10-23-3/h4,7-8,13H,5-6,9-12,14-15H2,1-3H3,(H2,20,21,22). The van der Waals surface area contributed by atoms with Gasteiger partial charge in [-0.15, -0.1) is 0 Å². The van der Waals surface area contributed by atoms with Gasteiger partial charge in [-0.3, -0.25) is 4.99 Å². The van der Waals surface area contributed by atoms with E-state index in [1.54, 1.807) is 14.2 Å². The summed E-state index contributed by atoms with van der Waals surface area (Å²) in [5.41, 5.74) is 1.06. The number of methoxy groups -OCH3 is 1. The highest BCUT2D eigenvalue weighted by atomic mass is 16.5. The van der Waals surface area contributed by atoms with Crippen LogP contribution in [0.15, 0.2) is 29.3 Å². The molecule has 0 amide bonds. The zero-order valence-electron chi connectivity index (χ0n) is 15.6. The molecular weight excluding hydrogens is 318 g/mol. The first kappa shape index (κ1) is 19.5.